The standard InChI is InChI=1S/C10H15ClN2O2/c1-2-10(6-14,7-15)13-9-4-3-8(11)5-12-9/h3-5,14-15H,2,6-7H2,1H3,(H,12,13). The van der Waals surface area contributed by atoms with E-state index in [1.54, 1.807) is 12.1 Å². The molecule has 4 nitrogen and oxygen atoms in total. The van der Waals surface area contributed by atoms with Gasteiger partial charge in [0.15, 0.2) is 0 Å². The Balaban J connectivity index is 2.78. The van der Waals surface area contributed by atoms with E-state index in [0.717, 1.165) is 0 Å². The number of hydrogen-bond donors (Lipinski definition) is 3. The molecular weight excluding hydrogens is 216 g/mol. The number of pyridine rings is 1. The lowest BCUT2D eigenvalue weighted by Gasteiger charge is -2.30. The van der Waals surface area contributed by atoms with Gasteiger partial charge in [-0.3, -0.25) is 0 Å². The average molecular weight is 231 g/mol. The molecule has 0 unspecified atom stereocenters. The number of halogens is 1. The summed E-state index contributed by atoms with van der Waals surface area (Å²) in [6, 6.07) is 3.41. The molecule has 0 radical (unpaired) electrons. The number of nitrogens with one attached hydrogen (secondary N) is 1. The van der Waals surface area contributed by atoms with Crippen LogP contribution in [-0.4, -0.2) is 33.9 Å². The highest BCUT2D eigenvalue weighted by Crippen LogP contribution is 2.17. The number of rotatable bonds is 5. The lowest BCUT2D eigenvalue weighted by molar-refractivity contribution is 0.132. The van der Waals surface area contributed by atoms with Crippen LogP contribution in [0.15, 0.2) is 18.3 Å². The number of nitrogens with zero attached hydrogens (tertiary/aromatic N) is 1. The number of aromatic nitrogens is 1. The van der Waals surface area contributed by atoms with Crippen molar-refractivity contribution >= 4 is 17.4 Å². The first kappa shape index (κ1) is 12.2. The number of aliphatic hydroxyl groups is 2. The van der Waals surface area contributed by atoms with E-state index in [9.17, 15) is 10.2 Å². The van der Waals surface area contributed by atoms with Crippen LogP contribution < -0.4 is 5.32 Å². The normalized spacial score (nSPS) is 11.5. The van der Waals surface area contributed by atoms with Crippen molar-refractivity contribution in [3.63, 3.8) is 0 Å². The highest BCUT2D eigenvalue weighted by atomic mass is 35.5. The van der Waals surface area contributed by atoms with Gasteiger partial charge >= 0.3 is 0 Å². The van der Waals surface area contributed by atoms with Gasteiger partial charge in [0.05, 0.1) is 23.8 Å². The van der Waals surface area contributed by atoms with Crippen LogP contribution in [0.2, 0.25) is 5.02 Å². The Morgan fingerprint density at radius 3 is 2.47 bits per heavy atom. The molecule has 15 heavy (non-hydrogen) atoms. The molecule has 0 aliphatic carbocycles. The molecule has 1 aromatic heterocycles. The van der Waals surface area contributed by atoms with E-state index in [4.69, 9.17) is 11.6 Å². The molecule has 1 heterocycles. The van der Waals surface area contributed by atoms with Crippen molar-refractivity contribution in [2.45, 2.75) is 18.9 Å². The van der Waals surface area contributed by atoms with Crippen LogP contribution in [0.25, 0.3) is 0 Å². The molecule has 0 aromatic carbocycles. The Labute approximate surface area is 93.9 Å². The molecule has 1 rings (SSSR count). The minimum absolute atomic E-state index is 0.149. The predicted octanol–water partition coefficient (Wildman–Crippen LogP) is 1.28. The zero-order valence-corrected chi connectivity index (χ0v) is 9.33. The summed E-state index contributed by atoms with van der Waals surface area (Å²) in [5.74, 6) is 0.587. The molecule has 0 saturated carbocycles. The van der Waals surface area contributed by atoms with Gasteiger partial charge in [0.2, 0.25) is 0 Å². The van der Waals surface area contributed by atoms with Crippen LogP contribution in [0.1, 0.15) is 13.3 Å². The lowest BCUT2D eigenvalue weighted by atomic mass is 9.98. The van der Waals surface area contributed by atoms with Gasteiger partial charge in [-0.25, -0.2) is 4.98 Å². The first-order chi connectivity index (χ1) is 7.15. The van der Waals surface area contributed by atoms with Crippen molar-refractivity contribution in [1.82, 2.24) is 4.98 Å². The first-order valence-electron chi connectivity index (χ1n) is 4.77. The molecule has 0 spiro atoms. The summed E-state index contributed by atoms with van der Waals surface area (Å²) in [4.78, 5) is 4.04. The number of hydrogen-bond acceptors (Lipinski definition) is 4. The zero-order chi connectivity index (χ0) is 11.3. The van der Waals surface area contributed by atoms with E-state index in [2.05, 4.69) is 10.3 Å². The molecule has 5 heteroatoms. The van der Waals surface area contributed by atoms with Gasteiger partial charge in [-0.2, -0.15) is 0 Å². The fourth-order valence-corrected chi connectivity index (χ4v) is 1.27. The summed E-state index contributed by atoms with van der Waals surface area (Å²) in [6.45, 7) is 1.59. The summed E-state index contributed by atoms with van der Waals surface area (Å²) >= 11 is 5.70. The molecule has 0 bridgehead atoms. The summed E-state index contributed by atoms with van der Waals surface area (Å²) in [5.41, 5.74) is -0.721. The van der Waals surface area contributed by atoms with E-state index in [1.165, 1.54) is 6.20 Å². The molecular formula is C10H15ClN2O2. The Hall–Kier alpha value is -0.840. The van der Waals surface area contributed by atoms with Crippen LogP contribution in [0.5, 0.6) is 0 Å². The quantitative estimate of drug-likeness (QED) is 0.713. The molecule has 84 valence electrons. The largest absolute Gasteiger partial charge is 0.394 e. The highest BCUT2D eigenvalue weighted by Gasteiger charge is 2.26. The topological polar surface area (TPSA) is 65.4 Å². The Kier molecular flexibility index (Phi) is 4.32. The van der Waals surface area contributed by atoms with Crippen molar-refractivity contribution in [2.24, 2.45) is 0 Å². The second-order valence-electron chi connectivity index (χ2n) is 3.44. The van der Waals surface area contributed by atoms with Crippen LogP contribution in [0, 0.1) is 0 Å². The van der Waals surface area contributed by atoms with Crippen molar-refractivity contribution < 1.29 is 10.2 Å². The van der Waals surface area contributed by atoms with E-state index < -0.39 is 5.54 Å². The summed E-state index contributed by atoms with van der Waals surface area (Å²) in [5, 5.41) is 22.0. The molecule has 0 amide bonds. The van der Waals surface area contributed by atoms with E-state index in [0.29, 0.717) is 17.3 Å². The van der Waals surface area contributed by atoms with Crippen LogP contribution in [0.4, 0.5) is 5.82 Å². The molecule has 0 aliphatic heterocycles. The third-order valence-electron chi connectivity index (χ3n) is 2.40. The predicted molar refractivity (Wildman–Crippen MR) is 60.1 cm³/mol. The van der Waals surface area contributed by atoms with Crippen molar-refractivity contribution in [3.05, 3.63) is 23.4 Å². The van der Waals surface area contributed by atoms with Gasteiger partial charge in [-0.15, -0.1) is 0 Å². The van der Waals surface area contributed by atoms with Gasteiger partial charge in [-0.05, 0) is 18.6 Å². The van der Waals surface area contributed by atoms with Gasteiger partial charge in [0.25, 0.3) is 0 Å². The Morgan fingerprint density at radius 1 is 1.40 bits per heavy atom. The maximum Gasteiger partial charge on any atom is 0.126 e. The first-order valence-corrected chi connectivity index (χ1v) is 5.15. The Morgan fingerprint density at radius 2 is 2.07 bits per heavy atom. The third kappa shape index (κ3) is 3.06. The average Bonchev–Trinajstić information content (AvgIpc) is 2.29. The highest BCUT2D eigenvalue weighted by molar-refractivity contribution is 6.30. The fourth-order valence-electron chi connectivity index (χ4n) is 1.16. The molecule has 0 saturated heterocycles. The van der Waals surface area contributed by atoms with Crippen molar-refractivity contribution in [3.8, 4) is 0 Å². The minimum atomic E-state index is -0.721. The second kappa shape index (κ2) is 5.30. The monoisotopic (exact) mass is 230 g/mol. The summed E-state index contributed by atoms with van der Waals surface area (Å²) in [7, 11) is 0. The fraction of sp³-hybridized carbons (Fsp3) is 0.500. The Bertz CT molecular complexity index is 291. The summed E-state index contributed by atoms with van der Waals surface area (Å²) < 4.78 is 0. The van der Waals surface area contributed by atoms with E-state index in [1.807, 2.05) is 6.92 Å². The number of aliphatic hydroxyl groups excluding tert-OH is 2. The zero-order valence-electron chi connectivity index (χ0n) is 8.57. The lowest BCUT2D eigenvalue weighted by Crippen LogP contribution is -2.45. The maximum atomic E-state index is 9.22. The molecule has 3 N–H and O–H groups in total. The smallest absolute Gasteiger partial charge is 0.126 e. The van der Waals surface area contributed by atoms with Crippen molar-refractivity contribution in [1.29, 1.82) is 0 Å². The van der Waals surface area contributed by atoms with E-state index >= 15 is 0 Å². The maximum absolute atomic E-state index is 9.22. The minimum Gasteiger partial charge on any atom is -0.394 e. The van der Waals surface area contributed by atoms with Crippen molar-refractivity contribution in [2.75, 3.05) is 18.5 Å². The second-order valence-corrected chi connectivity index (χ2v) is 3.87. The van der Waals surface area contributed by atoms with Crippen LogP contribution >= 0.6 is 11.6 Å². The molecule has 0 fully saturated rings. The van der Waals surface area contributed by atoms with Gasteiger partial charge in [-0.1, -0.05) is 18.5 Å². The van der Waals surface area contributed by atoms with Gasteiger partial charge in [0, 0.05) is 6.20 Å². The molecule has 0 atom stereocenters. The van der Waals surface area contributed by atoms with Gasteiger partial charge < -0.3 is 15.5 Å². The SMILES string of the molecule is CCC(CO)(CO)Nc1ccc(Cl)cn1. The molecule has 1 aromatic rings. The molecule has 0 aliphatic rings. The van der Waals surface area contributed by atoms with E-state index in [-0.39, 0.29) is 13.2 Å². The third-order valence-corrected chi connectivity index (χ3v) is 2.63. The van der Waals surface area contributed by atoms with Crippen LogP contribution in [-0.2, 0) is 0 Å². The summed E-state index contributed by atoms with van der Waals surface area (Å²) in [6.07, 6.45) is 2.11. The van der Waals surface area contributed by atoms with Crippen LogP contribution in [0.3, 0.4) is 0 Å². The number of anilines is 1. The van der Waals surface area contributed by atoms with Gasteiger partial charge in [0.1, 0.15) is 5.82 Å².